The molecular weight excluding hydrogens is 424 g/mol. The molecule has 0 N–H and O–H groups in total. The summed E-state index contributed by atoms with van der Waals surface area (Å²) in [5.41, 5.74) is 5.90. The van der Waals surface area contributed by atoms with Crippen LogP contribution in [0.1, 0.15) is 46.5 Å². The molecule has 5 heteroatoms. The Balaban J connectivity index is 1.37. The summed E-state index contributed by atoms with van der Waals surface area (Å²) >= 11 is 0. The molecule has 0 saturated carbocycles. The average Bonchev–Trinajstić information content (AvgIpc) is 3.17. The minimum Gasteiger partial charge on any atom is -0.477 e. The maximum Gasteiger partial charge on any atom is 0.231 e. The molecule has 0 amide bonds. The molecule has 3 aromatic carbocycles. The monoisotopic (exact) mass is 454 g/mol. The van der Waals surface area contributed by atoms with Crippen molar-refractivity contribution in [3.8, 4) is 11.5 Å². The van der Waals surface area contributed by atoms with Gasteiger partial charge in [-0.1, -0.05) is 42.5 Å². The smallest absolute Gasteiger partial charge is 0.231 e. The topological polar surface area (TPSA) is 42.0 Å². The number of Topliss-reactive ketones (excluding diaryl/α,β-unsaturated/α-hetero) is 1. The second-order valence-corrected chi connectivity index (χ2v) is 8.82. The Morgan fingerprint density at radius 2 is 1.74 bits per heavy atom. The van der Waals surface area contributed by atoms with E-state index in [-0.39, 0.29) is 5.78 Å². The maximum atomic E-state index is 13.2. The van der Waals surface area contributed by atoms with Crippen LogP contribution in [0, 0.1) is 6.92 Å². The normalized spacial score (nSPS) is 16.1. The van der Waals surface area contributed by atoms with Gasteiger partial charge in [0.1, 0.15) is 18.2 Å². The third kappa shape index (κ3) is 4.19. The molecule has 0 saturated heterocycles. The van der Waals surface area contributed by atoms with Crippen molar-refractivity contribution in [1.29, 1.82) is 0 Å². The minimum absolute atomic E-state index is 0.0751. The number of carbonyl (C=O) groups excluding carboxylic acids is 1. The van der Waals surface area contributed by atoms with Gasteiger partial charge in [-0.2, -0.15) is 0 Å². The first-order valence-corrected chi connectivity index (χ1v) is 11.9. The molecule has 0 atom stereocenters. The fourth-order valence-corrected chi connectivity index (χ4v) is 4.76. The molecule has 0 spiro atoms. The van der Waals surface area contributed by atoms with Gasteiger partial charge < -0.3 is 14.4 Å². The first kappa shape index (κ1) is 22.2. The number of anilines is 1. The zero-order valence-corrected chi connectivity index (χ0v) is 20.0. The van der Waals surface area contributed by atoms with Crippen LogP contribution in [0.2, 0.25) is 0 Å². The summed E-state index contributed by atoms with van der Waals surface area (Å²) in [6.07, 6.45) is 1.83. The molecule has 2 aliphatic rings. The van der Waals surface area contributed by atoms with Crippen molar-refractivity contribution in [2.45, 2.75) is 33.9 Å². The first-order valence-electron chi connectivity index (χ1n) is 11.9. The first-order chi connectivity index (χ1) is 16.6. The van der Waals surface area contributed by atoms with Crippen molar-refractivity contribution in [3.63, 3.8) is 0 Å². The number of carbonyl (C=O) groups is 1. The Morgan fingerprint density at radius 1 is 1.00 bits per heavy atom. The molecule has 0 aromatic heterocycles. The number of ether oxygens (including phenoxy) is 2. The van der Waals surface area contributed by atoms with Gasteiger partial charge in [0.15, 0.2) is 5.76 Å². The molecule has 5 nitrogen and oxygen atoms in total. The summed E-state index contributed by atoms with van der Waals surface area (Å²) in [4.78, 5) is 17.7. The van der Waals surface area contributed by atoms with Crippen LogP contribution in [0.15, 0.2) is 66.4 Å². The quantitative estimate of drug-likeness (QED) is 0.440. The van der Waals surface area contributed by atoms with Gasteiger partial charge in [0.25, 0.3) is 0 Å². The van der Waals surface area contributed by atoms with E-state index in [0.717, 1.165) is 48.6 Å². The van der Waals surface area contributed by atoms with Gasteiger partial charge in [-0.05, 0) is 56.2 Å². The van der Waals surface area contributed by atoms with Gasteiger partial charge in [0, 0.05) is 43.0 Å². The molecule has 34 heavy (non-hydrogen) atoms. The highest BCUT2D eigenvalue weighted by molar-refractivity contribution is 6.15. The van der Waals surface area contributed by atoms with Crippen molar-refractivity contribution >= 4 is 17.5 Å². The SMILES string of the molecule is CCN(CC)c1ccc(/C=C2\Oc3c(cc4c(c3C)OCN(Cc3ccccc3)C4)C2=O)cc1. The maximum absolute atomic E-state index is 13.2. The van der Waals surface area contributed by atoms with E-state index in [2.05, 4.69) is 47.9 Å². The predicted molar refractivity (Wildman–Crippen MR) is 135 cm³/mol. The van der Waals surface area contributed by atoms with E-state index in [9.17, 15) is 4.79 Å². The van der Waals surface area contributed by atoms with Crippen LogP contribution in [0.25, 0.3) is 6.08 Å². The van der Waals surface area contributed by atoms with Gasteiger partial charge in [0.05, 0.1) is 5.56 Å². The molecule has 2 aliphatic heterocycles. The lowest BCUT2D eigenvalue weighted by Gasteiger charge is -2.30. The van der Waals surface area contributed by atoms with Crippen LogP contribution < -0.4 is 14.4 Å². The van der Waals surface area contributed by atoms with Crippen LogP contribution in [-0.4, -0.2) is 30.5 Å². The average molecular weight is 455 g/mol. The number of allylic oxidation sites excluding steroid dienone is 1. The standard InChI is InChI=1S/C29H30N2O3/c1-4-31(5-2)24-13-11-21(12-14-24)15-26-27(32)25-16-23-18-30(17-22-9-7-6-8-10-22)19-33-28(23)20(3)29(25)34-26/h6-16H,4-5,17-19H2,1-3H3/b26-15-. The van der Waals surface area contributed by atoms with Gasteiger partial charge >= 0.3 is 0 Å². The predicted octanol–water partition coefficient (Wildman–Crippen LogP) is 5.81. The molecule has 0 aliphatic carbocycles. The molecule has 3 aromatic rings. The highest BCUT2D eigenvalue weighted by Crippen LogP contribution is 2.43. The Bertz CT molecular complexity index is 1230. The summed E-state index contributed by atoms with van der Waals surface area (Å²) in [6, 6.07) is 20.5. The lowest BCUT2D eigenvalue weighted by atomic mass is 10.00. The number of fused-ring (bicyclic) bond motifs is 2. The second kappa shape index (κ2) is 9.35. The van der Waals surface area contributed by atoms with Crippen molar-refractivity contribution in [2.75, 3.05) is 24.7 Å². The van der Waals surface area contributed by atoms with E-state index in [0.29, 0.717) is 23.8 Å². The van der Waals surface area contributed by atoms with E-state index in [1.807, 2.05) is 49.4 Å². The number of ketones is 1. The Kier molecular flexibility index (Phi) is 6.12. The summed E-state index contributed by atoms with van der Waals surface area (Å²) in [5, 5.41) is 0. The number of nitrogens with zero attached hydrogens (tertiary/aromatic N) is 2. The van der Waals surface area contributed by atoms with Crippen LogP contribution in [0.3, 0.4) is 0 Å². The van der Waals surface area contributed by atoms with Gasteiger partial charge in [-0.25, -0.2) is 0 Å². The lowest BCUT2D eigenvalue weighted by Crippen LogP contribution is -2.32. The fraction of sp³-hybridized carbons (Fsp3) is 0.276. The Hall–Kier alpha value is -3.57. The largest absolute Gasteiger partial charge is 0.477 e. The van der Waals surface area contributed by atoms with Crippen molar-refractivity contribution in [1.82, 2.24) is 4.90 Å². The number of rotatable bonds is 6. The van der Waals surface area contributed by atoms with Gasteiger partial charge in [-0.15, -0.1) is 0 Å². The highest BCUT2D eigenvalue weighted by atomic mass is 16.5. The Labute approximate surface area is 201 Å². The van der Waals surface area contributed by atoms with E-state index >= 15 is 0 Å². The number of hydrogen-bond acceptors (Lipinski definition) is 5. The van der Waals surface area contributed by atoms with Crippen LogP contribution >= 0.6 is 0 Å². The lowest BCUT2D eigenvalue weighted by molar-refractivity contribution is 0.0876. The zero-order chi connectivity index (χ0) is 23.7. The third-order valence-electron chi connectivity index (χ3n) is 6.57. The molecule has 2 heterocycles. The number of hydrogen-bond donors (Lipinski definition) is 0. The molecule has 0 fully saturated rings. The molecule has 5 rings (SSSR count). The van der Waals surface area contributed by atoms with E-state index in [4.69, 9.17) is 9.47 Å². The zero-order valence-electron chi connectivity index (χ0n) is 20.0. The van der Waals surface area contributed by atoms with Crippen LogP contribution in [-0.2, 0) is 13.1 Å². The molecular formula is C29H30N2O3. The molecule has 0 unspecified atom stereocenters. The van der Waals surface area contributed by atoms with Gasteiger partial charge in [0.2, 0.25) is 5.78 Å². The minimum atomic E-state index is -0.0751. The Morgan fingerprint density at radius 3 is 2.44 bits per heavy atom. The summed E-state index contributed by atoms with van der Waals surface area (Å²) in [6.45, 7) is 10.2. The van der Waals surface area contributed by atoms with Crippen molar-refractivity contribution in [3.05, 3.63) is 94.2 Å². The van der Waals surface area contributed by atoms with E-state index in [1.54, 1.807) is 0 Å². The van der Waals surface area contributed by atoms with E-state index in [1.165, 1.54) is 11.3 Å². The summed E-state index contributed by atoms with van der Waals surface area (Å²) < 4.78 is 12.2. The summed E-state index contributed by atoms with van der Waals surface area (Å²) in [7, 11) is 0. The summed E-state index contributed by atoms with van der Waals surface area (Å²) in [5.74, 6) is 1.73. The van der Waals surface area contributed by atoms with Crippen molar-refractivity contribution < 1.29 is 14.3 Å². The molecule has 174 valence electrons. The third-order valence-corrected chi connectivity index (χ3v) is 6.57. The van der Waals surface area contributed by atoms with Crippen LogP contribution in [0.5, 0.6) is 11.5 Å². The van der Waals surface area contributed by atoms with E-state index < -0.39 is 0 Å². The second-order valence-electron chi connectivity index (χ2n) is 8.82. The van der Waals surface area contributed by atoms with Gasteiger partial charge in [-0.3, -0.25) is 9.69 Å². The molecule has 0 radical (unpaired) electrons. The molecule has 0 bridgehead atoms. The highest BCUT2D eigenvalue weighted by Gasteiger charge is 2.33. The fourth-order valence-electron chi connectivity index (χ4n) is 4.76. The van der Waals surface area contributed by atoms with Crippen LogP contribution in [0.4, 0.5) is 5.69 Å². The van der Waals surface area contributed by atoms with Crippen molar-refractivity contribution in [2.24, 2.45) is 0 Å². The number of benzene rings is 3.